The molecule has 0 fully saturated rings. The van der Waals surface area contributed by atoms with E-state index in [1.807, 2.05) is 11.6 Å². The first-order valence-corrected chi connectivity index (χ1v) is 7.54. The molecule has 0 spiro atoms. The molecular formula is C16H23ClN4. The Morgan fingerprint density at radius 2 is 1.90 bits per heavy atom. The summed E-state index contributed by atoms with van der Waals surface area (Å²) >= 11 is 6.27. The number of nitrogens with one attached hydrogen (secondary N) is 1. The number of hydrogen-bond donors (Lipinski definition) is 2. The van der Waals surface area contributed by atoms with E-state index in [2.05, 4.69) is 55.6 Å². The summed E-state index contributed by atoms with van der Waals surface area (Å²) in [5.41, 5.74) is 6.24. The molecule has 0 saturated carbocycles. The number of nitrogens with zero attached hydrogens (tertiary/aromatic N) is 2. The lowest BCUT2D eigenvalue weighted by Gasteiger charge is -2.22. The van der Waals surface area contributed by atoms with Crippen molar-refractivity contribution in [1.82, 2.24) is 15.2 Å². The Bertz CT molecular complexity index is 596. The largest absolute Gasteiger partial charge is 0.271 e. The zero-order chi connectivity index (χ0) is 15.6. The van der Waals surface area contributed by atoms with Crippen LogP contribution >= 0.6 is 11.6 Å². The minimum absolute atomic E-state index is 0.132. The fourth-order valence-electron chi connectivity index (χ4n) is 2.42. The Hall–Kier alpha value is -1.36. The zero-order valence-electron chi connectivity index (χ0n) is 13.0. The Morgan fingerprint density at radius 3 is 2.38 bits per heavy atom. The maximum Gasteiger partial charge on any atom is 0.0893 e. The van der Waals surface area contributed by atoms with E-state index in [0.717, 1.165) is 17.8 Å². The van der Waals surface area contributed by atoms with Gasteiger partial charge in [0, 0.05) is 6.54 Å². The monoisotopic (exact) mass is 306 g/mol. The van der Waals surface area contributed by atoms with E-state index in [9.17, 15) is 0 Å². The minimum atomic E-state index is -0.172. The molecule has 0 aliphatic heterocycles. The van der Waals surface area contributed by atoms with Crippen LogP contribution in [0.15, 0.2) is 30.5 Å². The van der Waals surface area contributed by atoms with Crippen LogP contribution < -0.4 is 11.3 Å². The van der Waals surface area contributed by atoms with Gasteiger partial charge in [0.25, 0.3) is 0 Å². The lowest BCUT2D eigenvalue weighted by Crippen LogP contribution is -2.31. The lowest BCUT2D eigenvalue weighted by molar-refractivity contribution is 0.542. The van der Waals surface area contributed by atoms with Gasteiger partial charge in [0.1, 0.15) is 0 Å². The van der Waals surface area contributed by atoms with Crippen molar-refractivity contribution in [1.29, 1.82) is 0 Å². The first-order valence-electron chi connectivity index (χ1n) is 7.16. The molecule has 0 aliphatic rings. The SMILES string of the molecule is CCn1ncc(Cl)c1C(NN)c1ccc(C(C)(C)C)cc1. The van der Waals surface area contributed by atoms with Gasteiger partial charge in [-0.1, -0.05) is 56.6 Å². The van der Waals surface area contributed by atoms with Gasteiger partial charge in [0.05, 0.1) is 23.0 Å². The molecule has 0 amide bonds. The normalized spacial score (nSPS) is 13.4. The van der Waals surface area contributed by atoms with Crippen molar-refractivity contribution in [2.24, 2.45) is 5.84 Å². The van der Waals surface area contributed by atoms with Crippen LogP contribution in [0, 0.1) is 0 Å². The highest BCUT2D eigenvalue weighted by Gasteiger charge is 2.21. The predicted octanol–water partition coefficient (Wildman–Crippen LogP) is 3.41. The van der Waals surface area contributed by atoms with Crippen LogP contribution in [0.5, 0.6) is 0 Å². The van der Waals surface area contributed by atoms with Gasteiger partial charge in [-0.2, -0.15) is 5.10 Å². The van der Waals surface area contributed by atoms with Crippen LogP contribution in [0.1, 0.15) is 50.6 Å². The van der Waals surface area contributed by atoms with E-state index in [-0.39, 0.29) is 11.5 Å². The average Bonchev–Trinajstić information content (AvgIpc) is 2.81. The first kappa shape index (κ1) is 16.0. The highest BCUT2D eigenvalue weighted by atomic mass is 35.5. The number of aryl methyl sites for hydroxylation is 1. The van der Waals surface area contributed by atoms with Crippen molar-refractivity contribution in [3.8, 4) is 0 Å². The third kappa shape index (κ3) is 3.28. The summed E-state index contributed by atoms with van der Waals surface area (Å²) < 4.78 is 1.87. The fourth-order valence-corrected chi connectivity index (χ4v) is 2.67. The summed E-state index contributed by atoms with van der Waals surface area (Å²) in [4.78, 5) is 0. The van der Waals surface area contributed by atoms with Gasteiger partial charge in [-0.15, -0.1) is 0 Å². The number of hydrazine groups is 1. The van der Waals surface area contributed by atoms with Crippen LogP contribution in [0.2, 0.25) is 5.02 Å². The molecule has 4 nitrogen and oxygen atoms in total. The number of hydrogen-bond acceptors (Lipinski definition) is 3. The van der Waals surface area contributed by atoms with Gasteiger partial charge in [0.2, 0.25) is 0 Å². The molecule has 21 heavy (non-hydrogen) atoms. The van der Waals surface area contributed by atoms with Crippen LogP contribution in [-0.2, 0) is 12.0 Å². The van der Waals surface area contributed by atoms with Crippen LogP contribution in [0.4, 0.5) is 0 Å². The fraction of sp³-hybridized carbons (Fsp3) is 0.438. The van der Waals surface area contributed by atoms with E-state index in [1.54, 1.807) is 6.20 Å². The highest BCUT2D eigenvalue weighted by molar-refractivity contribution is 6.31. The molecule has 1 aromatic carbocycles. The Morgan fingerprint density at radius 1 is 1.29 bits per heavy atom. The molecule has 2 rings (SSSR count). The second-order valence-electron chi connectivity index (χ2n) is 6.17. The summed E-state index contributed by atoms with van der Waals surface area (Å²) in [5, 5.41) is 4.90. The van der Waals surface area contributed by atoms with E-state index in [1.165, 1.54) is 5.56 Å². The summed E-state index contributed by atoms with van der Waals surface area (Å²) in [6, 6.07) is 8.29. The van der Waals surface area contributed by atoms with Crippen molar-refractivity contribution in [2.45, 2.75) is 45.7 Å². The van der Waals surface area contributed by atoms with Crippen LogP contribution in [0.3, 0.4) is 0 Å². The number of aromatic nitrogens is 2. The van der Waals surface area contributed by atoms with Gasteiger partial charge in [-0.25, -0.2) is 5.43 Å². The number of rotatable bonds is 4. The standard InChI is InChI=1S/C16H23ClN4/c1-5-21-15(13(17)10-19-21)14(20-18)11-6-8-12(9-7-11)16(2,3)4/h6-10,14,20H,5,18H2,1-4H3. The van der Waals surface area contributed by atoms with Crippen LogP contribution in [0.25, 0.3) is 0 Å². The average molecular weight is 307 g/mol. The maximum atomic E-state index is 6.27. The first-order chi connectivity index (χ1) is 9.88. The number of benzene rings is 1. The Balaban J connectivity index is 2.40. The summed E-state index contributed by atoms with van der Waals surface area (Å²) in [6.45, 7) is 9.38. The van der Waals surface area contributed by atoms with Gasteiger partial charge >= 0.3 is 0 Å². The smallest absolute Gasteiger partial charge is 0.0893 e. The van der Waals surface area contributed by atoms with Crippen molar-refractivity contribution >= 4 is 11.6 Å². The Kier molecular flexibility index (Phi) is 4.71. The topological polar surface area (TPSA) is 55.9 Å². The number of halogens is 1. The molecule has 2 aromatic rings. The second-order valence-corrected chi connectivity index (χ2v) is 6.57. The van der Waals surface area contributed by atoms with Gasteiger partial charge in [0.15, 0.2) is 0 Å². The predicted molar refractivity (Wildman–Crippen MR) is 87.2 cm³/mol. The van der Waals surface area contributed by atoms with Crippen molar-refractivity contribution in [3.63, 3.8) is 0 Å². The third-order valence-corrected chi connectivity index (χ3v) is 3.97. The van der Waals surface area contributed by atoms with E-state index < -0.39 is 0 Å². The molecule has 0 bridgehead atoms. The molecule has 3 N–H and O–H groups in total. The van der Waals surface area contributed by atoms with Gasteiger partial charge < -0.3 is 0 Å². The van der Waals surface area contributed by atoms with Crippen molar-refractivity contribution in [2.75, 3.05) is 0 Å². The summed E-state index contributed by atoms with van der Waals surface area (Å²) in [6.07, 6.45) is 1.66. The second kappa shape index (κ2) is 6.18. The molecule has 5 heteroatoms. The van der Waals surface area contributed by atoms with E-state index in [0.29, 0.717) is 5.02 Å². The molecule has 0 saturated heterocycles. The molecule has 1 unspecified atom stereocenters. The third-order valence-electron chi connectivity index (χ3n) is 3.68. The molecule has 0 radical (unpaired) electrons. The lowest BCUT2D eigenvalue weighted by atomic mass is 9.86. The number of nitrogens with two attached hydrogens (primary N) is 1. The van der Waals surface area contributed by atoms with E-state index in [4.69, 9.17) is 17.4 Å². The van der Waals surface area contributed by atoms with Crippen molar-refractivity contribution < 1.29 is 0 Å². The molecule has 114 valence electrons. The van der Waals surface area contributed by atoms with Gasteiger partial charge in [-0.05, 0) is 23.5 Å². The van der Waals surface area contributed by atoms with E-state index >= 15 is 0 Å². The molecule has 1 aromatic heterocycles. The highest BCUT2D eigenvalue weighted by Crippen LogP contribution is 2.29. The molecule has 0 aliphatic carbocycles. The van der Waals surface area contributed by atoms with Crippen molar-refractivity contribution in [3.05, 3.63) is 52.3 Å². The molecule has 1 atom stereocenters. The summed E-state index contributed by atoms with van der Waals surface area (Å²) in [7, 11) is 0. The zero-order valence-corrected chi connectivity index (χ0v) is 13.8. The minimum Gasteiger partial charge on any atom is -0.271 e. The quantitative estimate of drug-likeness (QED) is 0.672. The Labute approximate surface area is 131 Å². The molecular weight excluding hydrogens is 284 g/mol. The maximum absolute atomic E-state index is 6.27. The summed E-state index contributed by atoms with van der Waals surface area (Å²) in [5.74, 6) is 5.76. The molecule has 1 heterocycles. The van der Waals surface area contributed by atoms with Gasteiger partial charge in [-0.3, -0.25) is 10.5 Å². The van der Waals surface area contributed by atoms with Crippen LogP contribution in [-0.4, -0.2) is 9.78 Å².